The Hall–Kier alpha value is -2.21. The van der Waals surface area contributed by atoms with Gasteiger partial charge in [-0.05, 0) is 37.5 Å². The molecule has 3 rings (SSSR count). The minimum atomic E-state index is -0.414. The van der Waals surface area contributed by atoms with Crippen LogP contribution in [0.4, 0.5) is 0 Å². The summed E-state index contributed by atoms with van der Waals surface area (Å²) in [6.07, 6.45) is 6.79. The fraction of sp³-hybridized carbons (Fsp3) is 0.471. The van der Waals surface area contributed by atoms with Gasteiger partial charge in [-0.2, -0.15) is 0 Å². The number of aromatic nitrogens is 2. The molecule has 1 amide bonds. The maximum Gasteiger partial charge on any atom is 0.270 e. The Bertz CT molecular complexity index is 784. The number of hydrogen-bond acceptors (Lipinski definition) is 4. The Morgan fingerprint density at radius 3 is 3.00 bits per heavy atom. The molecule has 0 saturated heterocycles. The van der Waals surface area contributed by atoms with E-state index in [1.165, 1.54) is 10.6 Å². The second kappa shape index (κ2) is 6.50. The summed E-state index contributed by atoms with van der Waals surface area (Å²) in [5, 5.41) is 12.3. The van der Waals surface area contributed by atoms with Crippen LogP contribution < -0.4 is 10.9 Å². The molecule has 0 spiro atoms. The van der Waals surface area contributed by atoms with Gasteiger partial charge in [-0.1, -0.05) is 12.8 Å². The van der Waals surface area contributed by atoms with Crippen molar-refractivity contribution in [2.45, 2.75) is 38.6 Å². The van der Waals surface area contributed by atoms with Gasteiger partial charge in [-0.15, -0.1) is 0 Å². The molecule has 1 aliphatic carbocycles. The highest BCUT2D eigenvalue weighted by Gasteiger charge is 2.27. The second-order valence-electron chi connectivity index (χ2n) is 6.22. The summed E-state index contributed by atoms with van der Waals surface area (Å²) in [7, 11) is 0. The highest BCUT2D eigenvalue weighted by Crippen LogP contribution is 2.24. The number of hydrogen-bond donors (Lipinski definition) is 2. The van der Waals surface area contributed by atoms with Gasteiger partial charge in [0.15, 0.2) is 0 Å². The van der Waals surface area contributed by atoms with Crippen molar-refractivity contribution in [3.63, 3.8) is 0 Å². The van der Waals surface area contributed by atoms with E-state index in [-0.39, 0.29) is 29.7 Å². The maximum atomic E-state index is 12.5. The quantitative estimate of drug-likeness (QED) is 0.894. The van der Waals surface area contributed by atoms with E-state index in [9.17, 15) is 14.7 Å². The molecule has 2 heterocycles. The van der Waals surface area contributed by atoms with E-state index >= 15 is 0 Å². The zero-order valence-corrected chi connectivity index (χ0v) is 13.2. The van der Waals surface area contributed by atoms with Crippen LogP contribution in [0.2, 0.25) is 0 Å². The summed E-state index contributed by atoms with van der Waals surface area (Å²) in [5.41, 5.74) is 1.19. The van der Waals surface area contributed by atoms with E-state index in [2.05, 4.69) is 10.3 Å². The Kier molecular flexibility index (Phi) is 4.43. The van der Waals surface area contributed by atoms with Crippen molar-refractivity contribution in [1.29, 1.82) is 0 Å². The van der Waals surface area contributed by atoms with Gasteiger partial charge in [0.05, 0.1) is 0 Å². The van der Waals surface area contributed by atoms with Crippen molar-refractivity contribution in [3.8, 4) is 0 Å². The van der Waals surface area contributed by atoms with Crippen LogP contribution in [-0.2, 0) is 0 Å². The molecule has 2 atom stereocenters. The molecular formula is C17H21N3O3. The van der Waals surface area contributed by atoms with E-state index < -0.39 is 5.91 Å². The number of pyridine rings is 1. The van der Waals surface area contributed by atoms with E-state index in [1.54, 1.807) is 18.3 Å². The molecule has 0 radical (unpaired) electrons. The molecule has 1 saturated carbocycles. The van der Waals surface area contributed by atoms with E-state index in [1.807, 2.05) is 6.92 Å². The summed E-state index contributed by atoms with van der Waals surface area (Å²) in [4.78, 5) is 29.2. The van der Waals surface area contributed by atoms with Crippen molar-refractivity contribution >= 4 is 11.6 Å². The van der Waals surface area contributed by atoms with Crippen LogP contribution in [0.15, 0.2) is 29.3 Å². The SMILES string of the molecule is Cc1ccn2c(=O)c(C(=O)NC3CCCCC3CO)cnc2c1. The number of aryl methyl sites for hydroxylation is 1. The lowest BCUT2D eigenvalue weighted by Gasteiger charge is -2.30. The van der Waals surface area contributed by atoms with Crippen molar-refractivity contribution in [3.05, 3.63) is 46.0 Å². The van der Waals surface area contributed by atoms with Gasteiger partial charge >= 0.3 is 0 Å². The minimum Gasteiger partial charge on any atom is -0.396 e. The molecule has 2 aromatic rings. The number of rotatable bonds is 3. The zero-order valence-electron chi connectivity index (χ0n) is 13.2. The number of amides is 1. The third-order valence-corrected chi connectivity index (χ3v) is 4.57. The molecular weight excluding hydrogens is 294 g/mol. The lowest BCUT2D eigenvalue weighted by Crippen LogP contribution is -2.45. The van der Waals surface area contributed by atoms with Gasteiger partial charge in [0, 0.05) is 31.0 Å². The standard InChI is InChI=1S/C17H21N3O3/c1-11-6-7-20-15(8-11)18-9-13(17(20)23)16(22)19-14-5-3-2-4-12(14)10-21/h6-9,12,14,21H,2-5,10H2,1H3,(H,19,22). The van der Waals surface area contributed by atoms with Gasteiger partial charge in [0.25, 0.3) is 11.5 Å². The van der Waals surface area contributed by atoms with Gasteiger partial charge in [0.2, 0.25) is 0 Å². The van der Waals surface area contributed by atoms with Crippen LogP contribution in [-0.4, -0.2) is 33.0 Å². The molecule has 2 unspecified atom stereocenters. The van der Waals surface area contributed by atoms with Gasteiger partial charge in [0.1, 0.15) is 11.2 Å². The van der Waals surface area contributed by atoms with Crippen molar-refractivity contribution in [2.75, 3.05) is 6.61 Å². The third-order valence-electron chi connectivity index (χ3n) is 4.57. The van der Waals surface area contributed by atoms with Crippen molar-refractivity contribution in [1.82, 2.24) is 14.7 Å². The smallest absolute Gasteiger partial charge is 0.270 e. The van der Waals surface area contributed by atoms with Crippen LogP contribution in [0.3, 0.4) is 0 Å². The Balaban J connectivity index is 1.87. The Labute approximate surface area is 134 Å². The normalized spacial score (nSPS) is 21.3. The summed E-state index contributed by atoms with van der Waals surface area (Å²) in [6, 6.07) is 3.52. The predicted molar refractivity (Wildman–Crippen MR) is 86.5 cm³/mol. The molecule has 0 aliphatic heterocycles. The maximum absolute atomic E-state index is 12.5. The van der Waals surface area contributed by atoms with Crippen LogP contribution in [0.1, 0.15) is 41.6 Å². The zero-order chi connectivity index (χ0) is 16.4. The highest BCUT2D eigenvalue weighted by atomic mass is 16.3. The molecule has 23 heavy (non-hydrogen) atoms. The highest BCUT2D eigenvalue weighted by molar-refractivity contribution is 5.94. The lowest BCUT2D eigenvalue weighted by molar-refractivity contribution is 0.0870. The first-order chi connectivity index (χ1) is 11.1. The average molecular weight is 315 g/mol. The topological polar surface area (TPSA) is 83.7 Å². The molecule has 0 aromatic carbocycles. The van der Waals surface area contributed by atoms with Crippen LogP contribution in [0.5, 0.6) is 0 Å². The first kappa shape index (κ1) is 15.7. The Morgan fingerprint density at radius 2 is 2.22 bits per heavy atom. The van der Waals surface area contributed by atoms with E-state index in [0.29, 0.717) is 5.65 Å². The molecule has 0 bridgehead atoms. The monoisotopic (exact) mass is 315 g/mol. The number of aliphatic hydroxyl groups excluding tert-OH is 1. The minimum absolute atomic E-state index is 0.0358. The van der Waals surface area contributed by atoms with Gasteiger partial charge in [-0.3, -0.25) is 14.0 Å². The fourth-order valence-electron chi connectivity index (χ4n) is 3.19. The number of nitrogens with zero attached hydrogens (tertiary/aromatic N) is 2. The first-order valence-corrected chi connectivity index (χ1v) is 8.00. The number of nitrogens with one attached hydrogen (secondary N) is 1. The second-order valence-corrected chi connectivity index (χ2v) is 6.22. The lowest BCUT2D eigenvalue weighted by atomic mass is 9.85. The van der Waals surface area contributed by atoms with Crippen molar-refractivity contribution in [2.24, 2.45) is 5.92 Å². The number of carbonyl (C=O) groups is 1. The Morgan fingerprint density at radius 1 is 1.43 bits per heavy atom. The van der Waals surface area contributed by atoms with Crippen molar-refractivity contribution < 1.29 is 9.90 Å². The largest absolute Gasteiger partial charge is 0.396 e. The number of aliphatic hydroxyl groups is 1. The average Bonchev–Trinajstić information content (AvgIpc) is 2.55. The van der Waals surface area contributed by atoms with E-state index in [0.717, 1.165) is 31.2 Å². The molecule has 2 aromatic heterocycles. The predicted octanol–water partition coefficient (Wildman–Crippen LogP) is 1.28. The molecule has 6 heteroatoms. The third kappa shape index (κ3) is 3.12. The summed E-state index contributed by atoms with van der Waals surface area (Å²) >= 11 is 0. The van der Waals surface area contributed by atoms with Crippen LogP contribution in [0.25, 0.3) is 5.65 Å². The van der Waals surface area contributed by atoms with E-state index in [4.69, 9.17) is 0 Å². The molecule has 122 valence electrons. The first-order valence-electron chi connectivity index (χ1n) is 8.00. The van der Waals surface area contributed by atoms with Gasteiger partial charge in [-0.25, -0.2) is 4.98 Å². The summed E-state index contributed by atoms with van der Waals surface area (Å²) < 4.78 is 1.38. The van der Waals surface area contributed by atoms with Crippen LogP contribution in [0, 0.1) is 12.8 Å². The van der Waals surface area contributed by atoms with Crippen LogP contribution >= 0.6 is 0 Å². The molecule has 6 nitrogen and oxygen atoms in total. The summed E-state index contributed by atoms with van der Waals surface area (Å²) in [5.74, 6) is -0.352. The number of fused-ring (bicyclic) bond motifs is 1. The molecule has 1 aliphatic rings. The summed E-state index contributed by atoms with van der Waals surface area (Å²) in [6.45, 7) is 1.98. The number of carbonyl (C=O) groups excluding carboxylic acids is 1. The van der Waals surface area contributed by atoms with Gasteiger partial charge < -0.3 is 10.4 Å². The fourth-order valence-corrected chi connectivity index (χ4v) is 3.19. The molecule has 1 fully saturated rings. The molecule has 2 N–H and O–H groups in total.